The molecule has 1 aromatic rings. The van der Waals surface area contributed by atoms with Crippen LogP contribution in [-0.4, -0.2) is 40.4 Å². The van der Waals surface area contributed by atoms with Crippen LogP contribution in [0.1, 0.15) is 11.8 Å². The van der Waals surface area contributed by atoms with E-state index in [4.69, 9.17) is 0 Å². The van der Waals surface area contributed by atoms with Gasteiger partial charge in [0.2, 0.25) is 0 Å². The summed E-state index contributed by atoms with van der Waals surface area (Å²) in [7, 11) is 1.54. The second-order valence-corrected chi connectivity index (χ2v) is 4.45. The van der Waals surface area contributed by atoms with Crippen molar-refractivity contribution in [3.63, 3.8) is 0 Å². The summed E-state index contributed by atoms with van der Waals surface area (Å²) < 4.78 is 54.9. The number of aryl methyl sites for hydroxylation is 1. The molecule has 0 saturated heterocycles. The Hall–Kier alpha value is -0.670. The van der Waals surface area contributed by atoms with Crippen LogP contribution in [0.5, 0.6) is 0 Å². The van der Waals surface area contributed by atoms with Crippen molar-refractivity contribution < 1.29 is 27.4 Å². The highest BCUT2D eigenvalue weighted by Crippen LogP contribution is 2.25. The molecule has 0 amide bonds. The molecule has 1 aromatic heterocycles. The van der Waals surface area contributed by atoms with E-state index in [1.165, 1.54) is 17.9 Å². The van der Waals surface area contributed by atoms with Gasteiger partial charge in [-0.1, -0.05) is 0 Å². The second kappa shape index (κ2) is 5.98. The van der Waals surface area contributed by atoms with Gasteiger partial charge in [0, 0.05) is 7.05 Å². The van der Waals surface area contributed by atoms with Gasteiger partial charge in [0.1, 0.15) is 12.7 Å². The topological polar surface area (TPSA) is 47.3 Å². The lowest BCUT2D eigenvalue weighted by Crippen LogP contribution is -2.33. The molecule has 0 bridgehead atoms. The number of nitrogens with zero attached hydrogens (tertiary/aromatic N) is 2. The third-order valence-electron chi connectivity index (χ3n) is 2.14. The predicted molar refractivity (Wildman–Crippen MR) is 57.6 cm³/mol. The minimum atomic E-state index is -4.22. The molecule has 0 aliphatic rings. The van der Waals surface area contributed by atoms with Crippen molar-refractivity contribution in [3.05, 3.63) is 16.4 Å². The quantitative estimate of drug-likeness (QED) is 0.811. The molecule has 0 aromatic carbocycles. The van der Waals surface area contributed by atoms with E-state index >= 15 is 0 Å². The molecular formula is C9H11BrF4N2O2. The van der Waals surface area contributed by atoms with Crippen LogP contribution < -0.4 is 0 Å². The predicted octanol–water partition coefficient (Wildman–Crippen LogP) is 2.13. The Balaban J connectivity index is 2.50. The third-order valence-corrected chi connectivity index (χ3v) is 2.75. The number of alkyl halides is 4. The van der Waals surface area contributed by atoms with Gasteiger partial charge < -0.3 is 9.84 Å². The summed E-state index contributed by atoms with van der Waals surface area (Å²) >= 11 is 3.11. The molecule has 1 rings (SSSR count). The first kappa shape index (κ1) is 15.4. The summed E-state index contributed by atoms with van der Waals surface area (Å²) in [5.74, 6) is -4.22. The lowest BCUT2D eigenvalue weighted by Gasteiger charge is -2.17. The molecule has 1 N–H and O–H groups in total. The number of aliphatic hydroxyl groups excluding tert-OH is 1. The molecule has 9 heteroatoms. The van der Waals surface area contributed by atoms with Crippen LogP contribution in [0.4, 0.5) is 17.6 Å². The van der Waals surface area contributed by atoms with Gasteiger partial charge in [-0.15, -0.1) is 0 Å². The minimum Gasteiger partial charge on any atom is -0.384 e. The number of aromatic nitrogens is 2. The van der Waals surface area contributed by atoms with Crippen molar-refractivity contribution in [1.82, 2.24) is 9.78 Å². The molecule has 0 spiro atoms. The standard InChI is InChI=1S/C9H11BrF4N2O2/c1-16-7(5(10)2-15-16)6(17)3-18-4-9(13,14)8(11)12/h2,6,8,17H,3-4H2,1H3. The van der Waals surface area contributed by atoms with Crippen LogP contribution in [0.15, 0.2) is 10.7 Å². The van der Waals surface area contributed by atoms with Gasteiger partial charge in [-0.05, 0) is 15.9 Å². The van der Waals surface area contributed by atoms with E-state index in [2.05, 4.69) is 25.8 Å². The lowest BCUT2D eigenvalue weighted by atomic mass is 10.2. The fourth-order valence-corrected chi connectivity index (χ4v) is 1.86. The van der Waals surface area contributed by atoms with Gasteiger partial charge in [-0.3, -0.25) is 4.68 Å². The fourth-order valence-electron chi connectivity index (χ4n) is 1.24. The number of hydrogen-bond acceptors (Lipinski definition) is 3. The van der Waals surface area contributed by atoms with Gasteiger partial charge in [0.05, 0.1) is 23.0 Å². The Bertz CT molecular complexity index is 380. The molecule has 0 aliphatic heterocycles. The van der Waals surface area contributed by atoms with Gasteiger partial charge in [0.25, 0.3) is 0 Å². The lowest BCUT2D eigenvalue weighted by molar-refractivity contribution is -0.171. The van der Waals surface area contributed by atoms with Gasteiger partial charge in [-0.25, -0.2) is 8.78 Å². The molecule has 1 unspecified atom stereocenters. The molecule has 0 saturated carbocycles. The fraction of sp³-hybridized carbons (Fsp3) is 0.667. The van der Waals surface area contributed by atoms with E-state index in [-0.39, 0.29) is 0 Å². The maximum absolute atomic E-state index is 12.5. The molecule has 1 atom stereocenters. The normalized spacial score (nSPS) is 14.2. The van der Waals surface area contributed by atoms with Crippen LogP contribution in [0.25, 0.3) is 0 Å². The van der Waals surface area contributed by atoms with Crippen molar-refractivity contribution in [1.29, 1.82) is 0 Å². The average Bonchev–Trinajstić information content (AvgIpc) is 2.58. The molecule has 18 heavy (non-hydrogen) atoms. The third kappa shape index (κ3) is 3.66. The van der Waals surface area contributed by atoms with Crippen LogP contribution >= 0.6 is 15.9 Å². The summed E-state index contributed by atoms with van der Waals surface area (Å²) in [6.07, 6.45) is -3.62. The number of hydrogen-bond donors (Lipinski definition) is 1. The molecule has 0 aliphatic carbocycles. The first-order valence-corrected chi connectivity index (χ1v) is 5.64. The summed E-state index contributed by atoms with van der Waals surface area (Å²) in [6.45, 7) is -1.97. The highest BCUT2D eigenvalue weighted by Gasteiger charge is 2.41. The maximum Gasteiger partial charge on any atom is 0.330 e. The zero-order valence-corrected chi connectivity index (χ0v) is 10.9. The van der Waals surface area contributed by atoms with E-state index in [0.29, 0.717) is 10.2 Å². The van der Waals surface area contributed by atoms with Crippen molar-refractivity contribution in [2.24, 2.45) is 7.05 Å². The van der Waals surface area contributed by atoms with Crippen molar-refractivity contribution in [3.8, 4) is 0 Å². The number of aliphatic hydroxyl groups is 1. The smallest absolute Gasteiger partial charge is 0.330 e. The van der Waals surface area contributed by atoms with Crippen molar-refractivity contribution in [2.75, 3.05) is 13.2 Å². The van der Waals surface area contributed by atoms with Crippen LogP contribution in [-0.2, 0) is 11.8 Å². The molecule has 104 valence electrons. The van der Waals surface area contributed by atoms with Gasteiger partial charge >= 0.3 is 12.3 Å². The highest BCUT2D eigenvalue weighted by atomic mass is 79.9. The van der Waals surface area contributed by atoms with E-state index < -0.39 is 31.7 Å². The molecule has 0 radical (unpaired) electrons. The van der Waals surface area contributed by atoms with Crippen LogP contribution in [0.2, 0.25) is 0 Å². The highest BCUT2D eigenvalue weighted by molar-refractivity contribution is 9.10. The van der Waals surface area contributed by atoms with E-state index in [1.54, 1.807) is 0 Å². The zero-order valence-electron chi connectivity index (χ0n) is 9.29. The number of ether oxygens (including phenoxy) is 1. The van der Waals surface area contributed by atoms with E-state index in [0.717, 1.165) is 0 Å². The first-order valence-electron chi connectivity index (χ1n) is 4.85. The Morgan fingerprint density at radius 2 is 2.17 bits per heavy atom. The summed E-state index contributed by atoms with van der Waals surface area (Å²) in [6, 6.07) is 0. The second-order valence-electron chi connectivity index (χ2n) is 3.59. The van der Waals surface area contributed by atoms with Crippen LogP contribution in [0, 0.1) is 0 Å². The zero-order chi connectivity index (χ0) is 13.9. The average molecular weight is 335 g/mol. The largest absolute Gasteiger partial charge is 0.384 e. The maximum atomic E-state index is 12.5. The molecule has 4 nitrogen and oxygen atoms in total. The SMILES string of the molecule is Cn1ncc(Br)c1C(O)COCC(F)(F)C(F)F. The Labute approximate surface area is 109 Å². The molecule has 1 heterocycles. The Morgan fingerprint density at radius 3 is 2.61 bits per heavy atom. The number of halogens is 5. The van der Waals surface area contributed by atoms with Crippen molar-refractivity contribution >= 4 is 15.9 Å². The summed E-state index contributed by atoms with van der Waals surface area (Å²) in [5, 5.41) is 13.5. The molecule has 0 fully saturated rings. The van der Waals surface area contributed by atoms with Gasteiger partial charge in [0.15, 0.2) is 0 Å². The molecular weight excluding hydrogens is 324 g/mol. The Morgan fingerprint density at radius 1 is 1.56 bits per heavy atom. The monoisotopic (exact) mass is 334 g/mol. The van der Waals surface area contributed by atoms with Crippen molar-refractivity contribution in [2.45, 2.75) is 18.5 Å². The number of rotatable bonds is 6. The van der Waals surface area contributed by atoms with E-state index in [1.807, 2.05) is 0 Å². The van der Waals surface area contributed by atoms with Gasteiger partial charge in [-0.2, -0.15) is 13.9 Å². The van der Waals surface area contributed by atoms with Crippen LogP contribution in [0.3, 0.4) is 0 Å². The Kier molecular flexibility index (Phi) is 5.11. The van der Waals surface area contributed by atoms with E-state index in [9.17, 15) is 22.7 Å². The first-order chi connectivity index (χ1) is 8.25. The minimum absolute atomic E-state index is 0.315. The summed E-state index contributed by atoms with van der Waals surface area (Å²) in [4.78, 5) is 0. The summed E-state index contributed by atoms with van der Waals surface area (Å²) in [5.41, 5.74) is 0.315.